The molecule has 4 nitrogen and oxygen atoms in total. The van der Waals surface area contributed by atoms with Crippen molar-refractivity contribution < 1.29 is 0 Å². The highest BCUT2D eigenvalue weighted by Gasteiger charge is 2.18. The molecule has 0 saturated heterocycles. The second-order valence-corrected chi connectivity index (χ2v) is 12.9. The van der Waals surface area contributed by atoms with Gasteiger partial charge in [-0.1, -0.05) is 103 Å². The van der Waals surface area contributed by atoms with Crippen molar-refractivity contribution in [2.45, 2.75) is 12.8 Å². The first-order chi connectivity index (χ1) is 24.8. The van der Waals surface area contributed by atoms with Crippen molar-refractivity contribution in [3.05, 3.63) is 176 Å². The van der Waals surface area contributed by atoms with Crippen LogP contribution in [0.3, 0.4) is 0 Å². The lowest BCUT2D eigenvalue weighted by Gasteiger charge is -2.12. The first kappa shape index (κ1) is 28.5. The number of rotatable bonds is 5. The van der Waals surface area contributed by atoms with Crippen LogP contribution in [0.5, 0.6) is 0 Å². The third kappa shape index (κ3) is 4.61. The molecule has 0 radical (unpaired) electrons. The molecular formula is C46H32N4. The summed E-state index contributed by atoms with van der Waals surface area (Å²) in [6, 6.07) is 54.1. The van der Waals surface area contributed by atoms with Crippen molar-refractivity contribution in [2.75, 3.05) is 0 Å². The normalized spacial score (nSPS) is 13.1. The Bertz CT molecular complexity index is 2750. The van der Waals surface area contributed by atoms with E-state index in [4.69, 9.17) is 9.97 Å². The number of hydrogen-bond acceptors (Lipinski definition) is 2. The monoisotopic (exact) mass is 640 g/mol. The summed E-state index contributed by atoms with van der Waals surface area (Å²) in [7, 11) is 0. The van der Waals surface area contributed by atoms with Crippen LogP contribution >= 0.6 is 0 Å². The molecule has 1 aliphatic carbocycles. The van der Waals surface area contributed by atoms with E-state index < -0.39 is 0 Å². The van der Waals surface area contributed by atoms with E-state index in [0.29, 0.717) is 0 Å². The fourth-order valence-corrected chi connectivity index (χ4v) is 7.63. The fraction of sp³-hybridized carbons (Fsp3) is 0.0435. The Morgan fingerprint density at radius 1 is 0.420 bits per heavy atom. The van der Waals surface area contributed by atoms with Gasteiger partial charge in [-0.3, -0.25) is 0 Å². The lowest BCUT2D eigenvalue weighted by atomic mass is 10.0. The number of para-hydroxylation sites is 3. The highest BCUT2D eigenvalue weighted by Crippen LogP contribution is 2.38. The van der Waals surface area contributed by atoms with Crippen molar-refractivity contribution in [1.82, 2.24) is 19.1 Å². The Kier molecular flexibility index (Phi) is 6.59. The molecule has 0 unspecified atom stereocenters. The number of fused-ring (bicyclic) bond motifs is 6. The predicted octanol–water partition coefficient (Wildman–Crippen LogP) is 11.7. The Balaban J connectivity index is 1.23. The van der Waals surface area contributed by atoms with Crippen LogP contribution in [0.15, 0.2) is 170 Å². The second kappa shape index (κ2) is 11.6. The molecule has 9 aromatic rings. The van der Waals surface area contributed by atoms with E-state index in [-0.39, 0.29) is 0 Å². The molecule has 3 heterocycles. The summed E-state index contributed by atoms with van der Waals surface area (Å²) < 4.78 is 4.76. The van der Waals surface area contributed by atoms with Crippen LogP contribution in [0.25, 0.3) is 83.2 Å². The average molecular weight is 641 g/mol. The number of aromatic nitrogens is 4. The SMILES string of the molecule is C1=CC(c2cc(-c3ccccc3)nc(-c3ccc4c(c3)c3cc(-n5c6ccccc6c6ccccc65)ccc3n4-c3ccccc3)n2)=CCC1. The van der Waals surface area contributed by atoms with Crippen LogP contribution in [-0.4, -0.2) is 19.1 Å². The minimum Gasteiger partial charge on any atom is -0.309 e. The highest BCUT2D eigenvalue weighted by molar-refractivity contribution is 6.13. The summed E-state index contributed by atoms with van der Waals surface area (Å²) in [4.78, 5) is 10.4. The standard InChI is InChI=1S/C46H32N4/c1-4-14-31(15-5-1)40-30-41(32-16-6-2-7-17-32)48-46(47-40)33-24-26-44-38(28-33)39-29-35(25-27-45(39)49(44)34-18-8-3-9-19-34)50-42-22-12-10-20-36(42)37-21-11-13-23-43(37)50/h1,3-6,8-30H,2,7H2. The van der Waals surface area contributed by atoms with E-state index in [0.717, 1.165) is 74.5 Å². The molecule has 10 rings (SSSR count). The highest BCUT2D eigenvalue weighted by atomic mass is 15.0. The van der Waals surface area contributed by atoms with Crippen LogP contribution in [0.2, 0.25) is 0 Å². The van der Waals surface area contributed by atoms with Gasteiger partial charge in [0.15, 0.2) is 5.82 Å². The maximum Gasteiger partial charge on any atom is 0.160 e. The molecule has 3 aromatic heterocycles. The van der Waals surface area contributed by atoms with Gasteiger partial charge in [0.25, 0.3) is 0 Å². The number of hydrogen-bond donors (Lipinski definition) is 0. The van der Waals surface area contributed by atoms with Gasteiger partial charge in [0, 0.05) is 44.0 Å². The molecule has 4 heteroatoms. The van der Waals surface area contributed by atoms with Gasteiger partial charge >= 0.3 is 0 Å². The van der Waals surface area contributed by atoms with Crippen LogP contribution in [0.4, 0.5) is 0 Å². The maximum atomic E-state index is 5.19. The quantitative estimate of drug-likeness (QED) is 0.188. The molecule has 6 aromatic carbocycles. The molecule has 0 bridgehead atoms. The van der Waals surface area contributed by atoms with Gasteiger partial charge in [-0.2, -0.15) is 0 Å². The van der Waals surface area contributed by atoms with Gasteiger partial charge in [0.1, 0.15) is 0 Å². The third-order valence-electron chi connectivity index (χ3n) is 9.95. The molecule has 0 N–H and O–H groups in total. The molecule has 1 aliphatic rings. The molecular weight excluding hydrogens is 609 g/mol. The minimum absolute atomic E-state index is 0.724. The van der Waals surface area contributed by atoms with Crippen LogP contribution < -0.4 is 0 Å². The largest absolute Gasteiger partial charge is 0.309 e. The first-order valence-electron chi connectivity index (χ1n) is 17.2. The Labute approximate surface area is 289 Å². The van der Waals surface area contributed by atoms with Gasteiger partial charge in [0.2, 0.25) is 0 Å². The Morgan fingerprint density at radius 3 is 1.74 bits per heavy atom. The lowest BCUT2D eigenvalue weighted by molar-refractivity contribution is 1.03. The lowest BCUT2D eigenvalue weighted by Crippen LogP contribution is -1.99. The summed E-state index contributed by atoms with van der Waals surface area (Å²) >= 11 is 0. The predicted molar refractivity (Wildman–Crippen MR) is 208 cm³/mol. The van der Waals surface area contributed by atoms with Gasteiger partial charge < -0.3 is 9.13 Å². The second-order valence-electron chi connectivity index (χ2n) is 12.9. The van der Waals surface area contributed by atoms with E-state index in [9.17, 15) is 0 Å². The first-order valence-corrected chi connectivity index (χ1v) is 17.2. The van der Waals surface area contributed by atoms with E-state index in [1.807, 2.05) is 6.07 Å². The molecule has 0 saturated carbocycles. The van der Waals surface area contributed by atoms with Gasteiger partial charge in [-0.15, -0.1) is 0 Å². The van der Waals surface area contributed by atoms with Gasteiger partial charge in [-0.25, -0.2) is 9.97 Å². The summed E-state index contributed by atoms with van der Waals surface area (Å²) in [5.41, 5.74) is 12.1. The molecule has 236 valence electrons. The van der Waals surface area contributed by atoms with Crippen LogP contribution in [0, 0.1) is 0 Å². The summed E-state index contributed by atoms with van der Waals surface area (Å²) in [6.45, 7) is 0. The van der Waals surface area contributed by atoms with E-state index in [1.165, 1.54) is 27.2 Å². The fourth-order valence-electron chi connectivity index (χ4n) is 7.63. The van der Waals surface area contributed by atoms with Gasteiger partial charge in [-0.05, 0) is 85.1 Å². The molecule has 0 fully saturated rings. The summed E-state index contributed by atoms with van der Waals surface area (Å²) in [5.74, 6) is 0.724. The summed E-state index contributed by atoms with van der Waals surface area (Å²) in [6.07, 6.45) is 8.79. The minimum atomic E-state index is 0.724. The molecule has 0 spiro atoms. The zero-order chi connectivity index (χ0) is 33.0. The van der Waals surface area contributed by atoms with Crippen LogP contribution in [0.1, 0.15) is 18.5 Å². The Morgan fingerprint density at radius 2 is 1.02 bits per heavy atom. The number of benzene rings is 6. The van der Waals surface area contributed by atoms with Crippen molar-refractivity contribution >= 4 is 49.2 Å². The number of allylic oxidation sites excluding steroid dienone is 4. The average Bonchev–Trinajstić information content (AvgIpc) is 3.71. The Hall–Kier alpha value is -6.52. The van der Waals surface area contributed by atoms with E-state index >= 15 is 0 Å². The van der Waals surface area contributed by atoms with E-state index in [1.54, 1.807) is 0 Å². The van der Waals surface area contributed by atoms with Crippen molar-refractivity contribution in [1.29, 1.82) is 0 Å². The van der Waals surface area contributed by atoms with Crippen molar-refractivity contribution in [3.8, 4) is 34.0 Å². The zero-order valence-corrected chi connectivity index (χ0v) is 27.4. The molecule has 0 aliphatic heterocycles. The molecule has 50 heavy (non-hydrogen) atoms. The zero-order valence-electron chi connectivity index (χ0n) is 27.4. The maximum absolute atomic E-state index is 5.19. The van der Waals surface area contributed by atoms with Crippen molar-refractivity contribution in [2.24, 2.45) is 0 Å². The third-order valence-corrected chi connectivity index (χ3v) is 9.95. The number of nitrogens with zero attached hydrogens (tertiary/aromatic N) is 4. The van der Waals surface area contributed by atoms with Gasteiger partial charge in [0.05, 0.1) is 33.5 Å². The summed E-state index contributed by atoms with van der Waals surface area (Å²) in [5, 5.41) is 4.86. The van der Waals surface area contributed by atoms with Crippen LogP contribution in [-0.2, 0) is 0 Å². The molecule has 0 atom stereocenters. The van der Waals surface area contributed by atoms with E-state index in [2.05, 4.69) is 173 Å². The molecule has 0 amide bonds. The topological polar surface area (TPSA) is 35.6 Å². The van der Waals surface area contributed by atoms with Crippen molar-refractivity contribution in [3.63, 3.8) is 0 Å². The smallest absolute Gasteiger partial charge is 0.160 e.